The number of nitrogens with zero attached hydrogens (tertiary/aromatic N) is 4. The van der Waals surface area contributed by atoms with E-state index < -0.39 is 0 Å². The third-order valence-corrected chi connectivity index (χ3v) is 3.79. The van der Waals surface area contributed by atoms with Gasteiger partial charge in [-0.15, -0.1) is 0 Å². The lowest BCUT2D eigenvalue weighted by molar-refractivity contribution is 0.286. The number of ether oxygens (including phenoxy) is 1. The smallest absolute Gasteiger partial charge is 0.255 e. The summed E-state index contributed by atoms with van der Waals surface area (Å²) in [6, 6.07) is 12.0. The first-order chi connectivity index (χ1) is 11.4. The molecule has 2 aromatic heterocycles. The number of hydrogen-bond acceptors (Lipinski definition) is 4. The highest BCUT2D eigenvalue weighted by Crippen LogP contribution is 2.22. The van der Waals surface area contributed by atoms with E-state index in [0.717, 1.165) is 17.7 Å². The molecule has 0 aliphatic heterocycles. The number of aromatic nitrogens is 4. The molecule has 5 nitrogen and oxygen atoms in total. The van der Waals surface area contributed by atoms with E-state index in [-0.39, 0.29) is 0 Å². The van der Waals surface area contributed by atoms with Crippen molar-refractivity contribution in [2.45, 2.75) is 39.0 Å². The zero-order chi connectivity index (χ0) is 15.9. The second-order valence-electron chi connectivity index (χ2n) is 5.58. The number of unbranched alkanes of at least 4 members (excludes halogenated alkanes) is 4. The largest absolute Gasteiger partial charge is 0.477 e. The van der Waals surface area contributed by atoms with Gasteiger partial charge in [0.1, 0.15) is 6.33 Å². The molecule has 0 unspecified atom stereocenters. The molecule has 1 aromatic carbocycles. The summed E-state index contributed by atoms with van der Waals surface area (Å²) in [5.41, 5.74) is 1.90. The Bertz CT molecular complexity index is 739. The second-order valence-corrected chi connectivity index (χ2v) is 5.58. The predicted molar refractivity (Wildman–Crippen MR) is 90.5 cm³/mol. The Labute approximate surface area is 136 Å². The summed E-state index contributed by atoms with van der Waals surface area (Å²) in [4.78, 5) is 8.74. The Kier molecular flexibility index (Phi) is 5.19. The standard InChI is InChI=1S/C18H22N4O/c1-2-3-4-5-9-12-23-17-13-16(15-10-7-6-8-11-15)21-18-19-14-20-22(17)18/h6-8,10-11,13-14H,2-5,9,12H2,1H3. The monoisotopic (exact) mass is 310 g/mol. The lowest BCUT2D eigenvalue weighted by atomic mass is 10.1. The molecule has 0 atom stereocenters. The van der Waals surface area contributed by atoms with Crippen LogP contribution >= 0.6 is 0 Å². The van der Waals surface area contributed by atoms with E-state index in [9.17, 15) is 0 Å². The molecule has 0 fully saturated rings. The molecule has 120 valence electrons. The second kappa shape index (κ2) is 7.72. The molecule has 0 bridgehead atoms. The van der Waals surface area contributed by atoms with Gasteiger partial charge in [0, 0.05) is 11.6 Å². The van der Waals surface area contributed by atoms with Gasteiger partial charge in [-0.3, -0.25) is 0 Å². The van der Waals surface area contributed by atoms with E-state index in [4.69, 9.17) is 4.74 Å². The normalized spacial score (nSPS) is 11.0. The molecule has 0 saturated carbocycles. The maximum Gasteiger partial charge on any atom is 0.255 e. The molecule has 0 aliphatic rings. The van der Waals surface area contributed by atoms with E-state index in [0.29, 0.717) is 18.3 Å². The van der Waals surface area contributed by atoms with Crippen molar-refractivity contribution in [3.8, 4) is 17.1 Å². The van der Waals surface area contributed by atoms with Crippen LogP contribution in [0.15, 0.2) is 42.7 Å². The molecule has 0 N–H and O–H groups in total. The van der Waals surface area contributed by atoms with Crippen molar-refractivity contribution in [1.29, 1.82) is 0 Å². The highest BCUT2D eigenvalue weighted by atomic mass is 16.5. The fraction of sp³-hybridized carbons (Fsp3) is 0.389. The minimum Gasteiger partial charge on any atom is -0.477 e. The Hall–Kier alpha value is -2.43. The van der Waals surface area contributed by atoms with Gasteiger partial charge in [0.05, 0.1) is 12.3 Å². The van der Waals surface area contributed by atoms with Gasteiger partial charge in [-0.05, 0) is 6.42 Å². The van der Waals surface area contributed by atoms with Gasteiger partial charge in [0.15, 0.2) is 0 Å². The van der Waals surface area contributed by atoms with Crippen LogP contribution in [0, 0.1) is 0 Å². The molecule has 3 aromatic rings. The van der Waals surface area contributed by atoms with Gasteiger partial charge in [-0.1, -0.05) is 62.9 Å². The Balaban J connectivity index is 1.75. The van der Waals surface area contributed by atoms with Crippen molar-refractivity contribution in [2.75, 3.05) is 6.61 Å². The van der Waals surface area contributed by atoms with E-state index in [2.05, 4.69) is 22.0 Å². The number of hydrogen-bond donors (Lipinski definition) is 0. The zero-order valence-electron chi connectivity index (χ0n) is 13.5. The molecule has 0 saturated heterocycles. The molecule has 0 amide bonds. The van der Waals surface area contributed by atoms with E-state index in [1.807, 2.05) is 36.4 Å². The van der Waals surface area contributed by atoms with Crippen LogP contribution in [-0.2, 0) is 0 Å². The SMILES string of the molecule is CCCCCCCOc1cc(-c2ccccc2)nc2ncnn12. The molecule has 0 radical (unpaired) electrons. The average Bonchev–Trinajstić information content (AvgIpc) is 3.07. The number of rotatable bonds is 8. The van der Waals surface area contributed by atoms with Crippen LogP contribution in [0.4, 0.5) is 0 Å². The third-order valence-electron chi connectivity index (χ3n) is 3.79. The first-order valence-corrected chi connectivity index (χ1v) is 8.27. The Morgan fingerprint density at radius 2 is 1.87 bits per heavy atom. The molecule has 2 heterocycles. The van der Waals surface area contributed by atoms with Crippen molar-refractivity contribution in [3.63, 3.8) is 0 Å². The molecular weight excluding hydrogens is 288 g/mol. The first-order valence-electron chi connectivity index (χ1n) is 8.27. The summed E-state index contributed by atoms with van der Waals surface area (Å²) in [5.74, 6) is 1.26. The minimum atomic E-state index is 0.562. The van der Waals surface area contributed by atoms with Crippen LogP contribution < -0.4 is 4.74 Å². The fourth-order valence-electron chi connectivity index (χ4n) is 2.53. The molecule has 23 heavy (non-hydrogen) atoms. The van der Waals surface area contributed by atoms with Gasteiger partial charge >= 0.3 is 0 Å². The summed E-state index contributed by atoms with van der Waals surface area (Å²) in [7, 11) is 0. The summed E-state index contributed by atoms with van der Waals surface area (Å²) in [5, 5.41) is 4.20. The molecule has 0 spiro atoms. The fourth-order valence-corrected chi connectivity index (χ4v) is 2.53. The molecule has 5 heteroatoms. The van der Waals surface area contributed by atoms with Crippen LogP contribution in [0.3, 0.4) is 0 Å². The molecule has 3 rings (SSSR count). The maximum atomic E-state index is 5.94. The van der Waals surface area contributed by atoms with E-state index >= 15 is 0 Å². The van der Waals surface area contributed by atoms with Crippen molar-refractivity contribution in [1.82, 2.24) is 19.6 Å². The van der Waals surface area contributed by atoms with Gasteiger partial charge < -0.3 is 4.74 Å². The maximum absolute atomic E-state index is 5.94. The van der Waals surface area contributed by atoms with Crippen molar-refractivity contribution in [3.05, 3.63) is 42.7 Å². The zero-order valence-corrected chi connectivity index (χ0v) is 13.5. The summed E-state index contributed by atoms with van der Waals surface area (Å²) >= 11 is 0. The van der Waals surface area contributed by atoms with Crippen LogP contribution in [-0.4, -0.2) is 26.2 Å². The lowest BCUT2D eigenvalue weighted by Gasteiger charge is -2.09. The Morgan fingerprint density at radius 1 is 1.04 bits per heavy atom. The number of benzene rings is 1. The van der Waals surface area contributed by atoms with E-state index in [1.165, 1.54) is 32.0 Å². The van der Waals surface area contributed by atoms with Crippen LogP contribution in [0.1, 0.15) is 39.0 Å². The van der Waals surface area contributed by atoms with Crippen molar-refractivity contribution < 1.29 is 4.74 Å². The van der Waals surface area contributed by atoms with E-state index in [1.54, 1.807) is 4.52 Å². The van der Waals surface area contributed by atoms with Crippen molar-refractivity contribution in [2.24, 2.45) is 0 Å². The van der Waals surface area contributed by atoms with Crippen LogP contribution in [0.2, 0.25) is 0 Å². The third kappa shape index (κ3) is 3.86. The van der Waals surface area contributed by atoms with Crippen LogP contribution in [0.25, 0.3) is 17.0 Å². The highest BCUT2D eigenvalue weighted by Gasteiger charge is 2.10. The lowest BCUT2D eigenvalue weighted by Crippen LogP contribution is -2.04. The highest BCUT2D eigenvalue weighted by molar-refractivity contribution is 5.62. The van der Waals surface area contributed by atoms with Gasteiger partial charge in [0.2, 0.25) is 5.88 Å². The summed E-state index contributed by atoms with van der Waals surface area (Å²) in [6.45, 7) is 2.91. The van der Waals surface area contributed by atoms with Gasteiger partial charge in [-0.25, -0.2) is 4.98 Å². The molecular formula is C18H22N4O. The Morgan fingerprint density at radius 3 is 2.70 bits per heavy atom. The predicted octanol–water partition coefficient (Wildman–Crippen LogP) is 4.14. The topological polar surface area (TPSA) is 52.3 Å². The van der Waals surface area contributed by atoms with Crippen LogP contribution in [0.5, 0.6) is 5.88 Å². The molecule has 0 aliphatic carbocycles. The quantitative estimate of drug-likeness (QED) is 0.587. The average molecular weight is 310 g/mol. The van der Waals surface area contributed by atoms with Crippen molar-refractivity contribution >= 4 is 5.78 Å². The summed E-state index contributed by atoms with van der Waals surface area (Å²) in [6.07, 6.45) is 7.57. The summed E-state index contributed by atoms with van der Waals surface area (Å²) < 4.78 is 7.59. The minimum absolute atomic E-state index is 0.562. The number of fused-ring (bicyclic) bond motifs is 1. The first kappa shape index (κ1) is 15.5. The van der Waals surface area contributed by atoms with Gasteiger partial charge in [0.25, 0.3) is 5.78 Å². The van der Waals surface area contributed by atoms with Gasteiger partial charge in [-0.2, -0.15) is 14.6 Å².